The van der Waals surface area contributed by atoms with Crippen molar-refractivity contribution < 1.29 is 18.0 Å². The molecule has 1 aromatic rings. The molecule has 27 heavy (non-hydrogen) atoms. The van der Waals surface area contributed by atoms with Crippen molar-refractivity contribution in [2.24, 2.45) is 11.7 Å². The molecule has 146 valence electrons. The first-order valence-corrected chi connectivity index (χ1v) is 11.0. The fourth-order valence-corrected chi connectivity index (χ4v) is 5.83. The predicted octanol–water partition coefficient (Wildman–Crippen LogP) is -0.107. The largest absolute Gasteiger partial charge is 0.330 e. The minimum atomic E-state index is -3.70. The number of likely N-dealkylation sites (tertiary alicyclic amines) is 1. The lowest BCUT2D eigenvalue weighted by molar-refractivity contribution is -0.137. The summed E-state index contributed by atoms with van der Waals surface area (Å²) < 4.78 is 27.0. The van der Waals surface area contributed by atoms with Crippen molar-refractivity contribution >= 4 is 21.7 Å². The van der Waals surface area contributed by atoms with Crippen LogP contribution in [0, 0.1) is 5.92 Å². The number of carbonyl (C=O) groups is 2. The van der Waals surface area contributed by atoms with E-state index in [0.29, 0.717) is 31.0 Å². The number of aromatic nitrogens is 1. The maximum absolute atomic E-state index is 12.9. The average molecular weight is 392 g/mol. The molecule has 1 saturated carbocycles. The zero-order valence-corrected chi connectivity index (χ0v) is 15.8. The molecule has 1 aromatic heterocycles. The number of nitrogens with two attached hydrogens (primary N) is 1. The van der Waals surface area contributed by atoms with E-state index in [4.69, 9.17) is 5.73 Å². The van der Waals surface area contributed by atoms with Crippen molar-refractivity contribution in [2.75, 3.05) is 13.1 Å². The van der Waals surface area contributed by atoms with Gasteiger partial charge in [-0.1, -0.05) is 18.9 Å². The van der Waals surface area contributed by atoms with Gasteiger partial charge in [0, 0.05) is 12.7 Å². The summed E-state index contributed by atoms with van der Waals surface area (Å²) in [5.74, 6) is -0.197. The van der Waals surface area contributed by atoms with Gasteiger partial charge in [0.1, 0.15) is 11.8 Å². The maximum Gasteiger partial charge on any atom is 0.240 e. The Hall–Kier alpha value is -1.84. The molecule has 0 spiro atoms. The van der Waals surface area contributed by atoms with E-state index in [1.807, 2.05) is 0 Å². The number of nitrogens with zero attached hydrogens (tertiary/aromatic N) is 3. The van der Waals surface area contributed by atoms with Gasteiger partial charge in [0.2, 0.25) is 15.9 Å². The second kappa shape index (κ2) is 6.96. The topological polar surface area (TPSA) is 114 Å². The number of fused-ring (bicyclic) bond motifs is 1. The van der Waals surface area contributed by atoms with Crippen molar-refractivity contribution in [1.82, 2.24) is 14.2 Å². The maximum atomic E-state index is 12.9. The van der Waals surface area contributed by atoms with Crippen LogP contribution >= 0.6 is 0 Å². The fraction of sp³-hybridized carbons (Fsp3) is 0.611. The molecule has 4 rings (SSSR count). The molecule has 0 aromatic carbocycles. The first-order chi connectivity index (χ1) is 12.9. The quantitative estimate of drug-likeness (QED) is 0.723. The third-order valence-electron chi connectivity index (χ3n) is 5.68. The molecule has 3 fully saturated rings. The zero-order valence-electron chi connectivity index (χ0n) is 15.0. The molecule has 2 N–H and O–H groups in total. The number of ketones is 1. The second-order valence-electron chi connectivity index (χ2n) is 7.71. The lowest BCUT2D eigenvalue weighted by atomic mass is 10.1. The molecule has 1 aliphatic carbocycles. The molecular formula is C18H24N4O4S. The standard InChI is InChI=1S/C18H24N4O4S/c19-14(9-12-4-5-12)18(24)21-8-6-15-17(21)16(23)10-22(15)27(25,26)11-13-3-1-2-7-20-13/h1-3,7,12,14-15,17H,4-6,8-11,19H2. The van der Waals surface area contributed by atoms with Crippen LogP contribution in [0.2, 0.25) is 0 Å². The Balaban J connectivity index is 1.49. The third kappa shape index (κ3) is 3.63. The molecule has 3 aliphatic rings. The highest BCUT2D eigenvalue weighted by Crippen LogP contribution is 2.36. The van der Waals surface area contributed by atoms with Crippen molar-refractivity contribution in [3.63, 3.8) is 0 Å². The van der Waals surface area contributed by atoms with Crippen molar-refractivity contribution in [1.29, 1.82) is 0 Å². The van der Waals surface area contributed by atoms with Gasteiger partial charge < -0.3 is 10.6 Å². The molecule has 3 atom stereocenters. The van der Waals surface area contributed by atoms with Crippen LogP contribution in [-0.4, -0.2) is 65.5 Å². The van der Waals surface area contributed by atoms with Gasteiger partial charge in [0.25, 0.3) is 0 Å². The number of sulfonamides is 1. The molecule has 8 nitrogen and oxygen atoms in total. The van der Waals surface area contributed by atoms with Crippen molar-refractivity contribution in [3.8, 4) is 0 Å². The number of hydrogen-bond acceptors (Lipinski definition) is 6. The Morgan fingerprint density at radius 3 is 2.74 bits per heavy atom. The van der Waals surface area contributed by atoms with E-state index in [9.17, 15) is 18.0 Å². The molecule has 9 heteroatoms. The van der Waals surface area contributed by atoms with Crippen LogP contribution in [-0.2, 0) is 25.4 Å². The first-order valence-electron chi connectivity index (χ1n) is 9.35. The molecule has 3 heterocycles. The number of amides is 1. The lowest BCUT2D eigenvalue weighted by Gasteiger charge is -2.26. The summed E-state index contributed by atoms with van der Waals surface area (Å²) in [6.07, 6.45) is 4.85. The smallest absolute Gasteiger partial charge is 0.240 e. The first kappa shape index (κ1) is 18.5. The molecule has 3 unspecified atom stereocenters. The van der Waals surface area contributed by atoms with Gasteiger partial charge >= 0.3 is 0 Å². The Bertz CT molecular complexity index is 840. The summed E-state index contributed by atoms with van der Waals surface area (Å²) in [6, 6.07) is 3.28. The summed E-state index contributed by atoms with van der Waals surface area (Å²) in [5, 5.41) is 0. The number of carbonyl (C=O) groups excluding carboxylic acids is 2. The van der Waals surface area contributed by atoms with Gasteiger partial charge in [-0.3, -0.25) is 14.6 Å². The normalized spacial score (nSPS) is 27.0. The Morgan fingerprint density at radius 2 is 2.07 bits per heavy atom. The Morgan fingerprint density at radius 1 is 1.30 bits per heavy atom. The molecule has 0 radical (unpaired) electrons. The van der Waals surface area contributed by atoms with E-state index in [-0.39, 0.29) is 24.0 Å². The van der Waals surface area contributed by atoms with E-state index < -0.39 is 28.1 Å². The molecule has 0 bridgehead atoms. The zero-order chi connectivity index (χ0) is 19.2. The van der Waals surface area contributed by atoms with Gasteiger partial charge in [-0.25, -0.2) is 8.42 Å². The summed E-state index contributed by atoms with van der Waals surface area (Å²) in [5.41, 5.74) is 6.48. The van der Waals surface area contributed by atoms with Crippen LogP contribution in [0.1, 0.15) is 31.4 Å². The minimum Gasteiger partial charge on any atom is -0.330 e. The van der Waals surface area contributed by atoms with Crippen molar-refractivity contribution in [3.05, 3.63) is 30.1 Å². The van der Waals surface area contributed by atoms with Crippen LogP contribution in [0.25, 0.3) is 0 Å². The molecular weight excluding hydrogens is 368 g/mol. The van der Waals surface area contributed by atoms with Crippen molar-refractivity contribution in [2.45, 2.75) is 49.6 Å². The number of pyridine rings is 1. The van der Waals surface area contributed by atoms with Crippen LogP contribution < -0.4 is 5.73 Å². The lowest BCUT2D eigenvalue weighted by Crippen LogP contribution is -2.50. The van der Waals surface area contributed by atoms with Gasteiger partial charge in [-0.15, -0.1) is 0 Å². The monoisotopic (exact) mass is 392 g/mol. The highest BCUT2D eigenvalue weighted by molar-refractivity contribution is 7.88. The average Bonchev–Trinajstić information content (AvgIpc) is 3.23. The fourth-order valence-electron chi connectivity index (χ4n) is 4.16. The van der Waals surface area contributed by atoms with Gasteiger partial charge in [0.15, 0.2) is 5.78 Å². The number of Topliss-reactive ketones (excluding diaryl/α,β-unsaturated/α-hetero) is 1. The van der Waals surface area contributed by atoms with Crippen LogP contribution in [0.4, 0.5) is 0 Å². The van der Waals surface area contributed by atoms with E-state index in [0.717, 1.165) is 12.8 Å². The van der Waals surface area contributed by atoms with E-state index in [1.54, 1.807) is 24.4 Å². The summed E-state index contributed by atoms with van der Waals surface area (Å²) in [4.78, 5) is 30.9. The highest BCUT2D eigenvalue weighted by atomic mass is 32.2. The van der Waals surface area contributed by atoms with E-state index in [1.165, 1.54) is 9.21 Å². The van der Waals surface area contributed by atoms with Gasteiger partial charge in [-0.2, -0.15) is 4.31 Å². The summed E-state index contributed by atoms with van der Waals surface area (Å²) in [7, 11) is -3.70. The van der Waals surface area contributed by atoms with E-state index in [2.05, 4.69) is 4.98 Å². The summed E-state index contributed by atoms with van der Waals surface area (Å²) >= 11 is 0. The number of hydrogen-bond donors (Lipinski definition) is 1. The van der Waals surface area contributed by atoms with Crippen LogP contribution in [0.5, 0.6) is 0 Å². The van der Waals surface area contributed by atoms with Crippen LogP contribution in [0.15, 0.2) is 24.4 Å². The molecule has 1 amide bonds. The van der Waals surface area contributed by atoms with Crippen LogP contribution in [0.3, 0.4) is 0 Å². The third-order valence-corrected chi connectivity index (χ3v) is 7.45. The molecule has 2 saturated heterocycles. The number of rotatable bonds is 6. The SMILES string of the molecule is NC(CC1CC1)C(=O)N1CCC2C1C(=O)CN2S(=O)(=O)Cc1ccccn1. The van der Waals surface area contributed by atoms with Gasteiger partial charge in [0.05, 0.1) is 24.3 Å². The predicted molar refractivity (Wildman–Crippen MR) is 97.8 cm³/mol. The minimum absolute atomic E-state index is 0.188. The second-order valence-corrected chi connectivity index (χ2v) is 9.63. The molecule has 2 aliphatic heterocycles. The Kier molecular flexibility index (Phi) is 4.77. The Labute approximate surface area is 158 Å². The highest BCUT2D eigenvalue weighted by Gasteiger charge is 2.53. The van der Waals surface area contributed by atoms with E-state index >= 15 is 0 Å². The summed E-state index contributed by atoms with van der Waals surface area (Å²) in [6.45, 7) is 0.181. The van der Waals surface area contributed by atoms with Gasteiger partial charge in [-0.05, 0) is 30.9 Å².